The summed E-state index contributed by atoms with van der Waals surface area (Å²) < 4.78 is 5.73. The molecule has 158 valence electrons. The molecule has 1 saturated heterocycles. The van der Waals surface area contributed by atoms with Crippen molar-refractivity contribution in [1.29, 1.82) is 0 Å². The maximum Gasteiger partial charge on any atom is 0.303 e. The molecular weight excluding hydrogens is 360 g/mol. The summed E-state index contributed by atoms with van der Waals surface area (Å²) in [6.07, 6.45) is 15.3. The van der Waals surface area contributed by atoms with Gasteiger partial charge in [-0.2, -0.15) is 0 Å². The number of aliphatic hydroxyl groups is 3. The van der Waals surface area contributed by atoms with Crippen molar-refractivity contribution in [2.45, 2.75) is 82.4 Å². The number of allylic oxidation sites excluding steroid dienone is 4. The van der Waals surface area contributed by atoms with Gasteiger partial charge in [0.05, 0.1) is 30.5 Å². The van der Waals surface area contributed by atoms with Crippen molar-refractivity contribution >= 4 is 5.97 Å². The lowest BCUT2D eigenvalue weighted by Gasteiger charge is -2.16. The van der Waals surface area contributed by atoms with E-state index in [1.54, 1.807) is 0 Å². The van der Waals surface area contributed by atoms with E-state index in [1.165, 1.54) is 12.2 Å². The summed E-state index contributed by atoms with van der Waals surface area (Å²) in [5.74, 6) is -0.807. The minimum atomic E-state index is -0.870. The first-order chi connectivity index (χ1) is 13.4. The number of carboxylic acid groups (broad SMARTS) is 1. The van der Waals surface area contributed by atoms with Gasteiger partial charge in [0, 0.05) is 12.8 Å². The van der Waals surface area contributed by atoms with Crippen LogP contribution in [0, 0.1) is 0 Å². The van der Waals surface area contributed by atoms with E-state index >= 15 is 0 Å². The van der Waals surface area contributed by atoms with Crippen molar-refractivity contribution in [2.24, 2.45) is 0 Å². The second-order valence-corrected chi connectivity index (χ2v) is 6.92. The average Bonchev–Trinajstić information content (AvgIpc) is 3.02. The summed E-state index contributed by atoms with van der Waals surface area (Å²) in [7, 11) is 0. The summed E-state index contributed by atoms with van der Waals surface area (Å²) >= 11 is 0. The number of rotatable bonds is 13. The lowest BCUT2D eigenvalue weighted by atomic mass is 10.0. The summed E-state index contributed by atoms with van der Waals surface area (Å²) in [6, 6.07) is 0. The van der Waals surface area contributed by atoms with Gasteiger partial charge in [0.1, 0.15) is 0 Å². The molecule has 0 saturated carbocycles. The average molecular weight is 395 g/mol. The largest absolute Gasteiger partial charge is 0.481 e. The summed E-state index contributed by atoms with van der Waals surface area (Å²) in [6.45, 7) is 2.04. The topological polar surface area (TPSA) is 107 Å². The molecule has 0 amide bonds. The molecule has 0 spiro atoms. The molecule has 6 nitrogen and oxygen atoms in total. The first-order valence-corrected chi connectivity index (χ1v) is 9.98. The molecule has 6 heteroatoms. The highest BCUT2D eigenvalue weighted by Crippen LogP contribution is 2.26. The van der Waals surface area contributed by atoms with Gasteiger partial charge in [0.2, 0.25) is 0 Å². The van der Waals surface area contributed by atoms with E-state index in [0.29, 0.717) is 32.1 Å². The molecule has 1 rings (SSSR count). The lowest BCUT2D eigenvalue weighted by molar-refractivity contribution is -0.136. The van der Waals surface area contributed by atoms with Gasteiger partial charge in [0.25, 0.3) is 0 Å². The number of hydrogen-bond acceptors (Lipinski definition) is 5. The minimum absolute atomic E-state index is 0.129. The zero-order valence-corrected chi connectivity index (χ0v) is 16.6. The van der Waals surface area contributed by atoms with Gasteiger partial charge in [-0.3, -0.25) is 4.79 Å². The van der Waals surface area contributed by atoms with Gasteiger partial charge in [-0.1, -0.05) is 55.5 Å². The van der Waals surface area contributed by atoms with E-state index in [0.717, 1.165) is 6.42 Å². The fourth-order valence-corrected chi connectivity index (χ4v) is 2.87. The Bertz CT molecular complexity index is 551. The van der Waals surface area contributed by atoms with Gasteiger partial charge in [-0.15, -0.1) is 0 Å². The fraction of sp³-hybridized carbons (Fsp3) is 0.591. The molecule has 1 aliphatic rings. The van der Waals surface area contributed by atoms with E-state index in [4.69, 9.17) is 9.84 Å². The van der Waals surface area contributed by atoms with E-state index < -0.39 is 30.4 Å². The predicted molar refractivity (Wildman–Crippen MR) is 109 cm³/mol. The number of carbonyl (C=O) groups is 1. The highest BCUT2D eigenvalue weighted by atomic mass is 16.5. The summed E-state index contributed by atoms with van der Waals surface area (Å²) in [5.41, 5.74) is 0. The maximum absolute atomic E-state index is 10.4. The smallest absolute Gasteiger partial charge is 0.303 e. The number of ether oxygens (including phenoxy) is 1. The van der Waals surface area contributed by atoms with Crippen LogP contribution in [0.5, 0.6) is 0 Å². The van der Waals surface area contributed by atoms with Gasteiger partial charge in [0.15, 0.2) is 0 Å². The van der Waals surface area contributed by atoms with Crippen molar-refractivity contribution in [2.75, 3.05) is 0 Å². The minimum Gasteiger partial charge on any atom is -0.481 e. The molecular formula is C22H34O6. The molecule has 1 aliphatic heterocycles. The lowest BCUT2D eigenvalue weighted by Crippen LogP contribution is -2.24. The Hall–Kier alpha value is -1.73. The van der Waals surface area contributed by atoms with Crippen molar-refractivity contribution in [1.82, 2.24) is 0 Å². The van der Waals surface area contributed by atoms with Crippen molar-refractivity contribution in [3.8, 4) is 0 Å². The first kappa shape index (κ1) is 24.3. The molecule has 0 aromatic carbocycles. The molecule has 0 unspecified atom stereocenters. The molecule has 0 radical (unpaired) electrons. The molecule has 1 fully saturated rings. The van der Waals surface area contributed by atoms with Gasteiger partial charge in [-0.05, 0) is 32.1 Å². The van der Waals surface area contributed by atoms with Crippen LogP contribution in [0.4, 0.5) is 0 Å². The Morgan fingerprint density at radius 2 is 1.86 bits per heavy atom. The van der Waals surface area contributed by atoms with Gasteiger partial charge >= 0.3 is 5.97 Å². The molecule has 0 aromatic heterocycles. The monoisotopic (exact) mass is 394 g/mol. The summed E-state index contributed by atoms with van der Waals surface area (Å²) in [4.78, 5) is 10.4. The third-order valence-corrected chi connectivity index (χ3v) is 4.44. The number of carboxylic acids is 1. The zero-order chi connectivity index (χ0) is 20.8. The van der Waals surface area contributed by atoms with Gasteiger partial charge < -0.3 is 25.2 Å². The van der Waals surface area contributed by atoms with E-state index in [9.17, 15) is 20.1 Å². The molecule has 0 aliphatic carbocycles. The predicted octanol–water partition coefficient (Wildman–Crippen LogP) is 2.90. The van der Waals surface area contributed by atoms with Crippen molar-refractivity contribution in [3.05, 3.63) is 48.6 Å². The van der Waals surface area contributed by atoms with E-state index in [-0.39, 0.29) is 12.5 Å². The van der Waals surface area contributed by atoms with Crippen LogP contribution in [0.25, 0.3) is 0 Å². The first-order valence-electron chi connectivity index (χ1n) is 9.98. The third kappa shape index (κ3) is 10.6. The Labute approximate surface area is 167 Å². The van der Waals surface area contributed by atoms with Crippen molar-refractivity contribution in [3.63, 3.8) is 0 Å². The van der Waals surface area contributed by atoms with Crippen LogP contribution in [-0.4, -0.2) is 56.9 Å². The Balaban J connectivity index is 2.28. The number of aliphatic carboxylic acids is 1. The highest BCUT2D eigenvalue weighted by Gasteiger charge is 2.36. The molecule has 5 atom stereocenters. The quantitative estimate of drug-likeness (QED) is 0.358. The van der Waals surface area contributed by atoms with E-state index in [1.807, 2.05) is 43.4 Å². The zero-order valence-electron chi connectivity index (χ0n) is 16.6. The second kappa shape index (κ2) is 14.3. The van der Waals surface area contributed by atoms with Crippen molar-refractivity contribution < 1.29 is 30.0 Å². The molecule has 1 heterocycles. The van der Waals surface area contributed by atoms with Crippen LogP contribution in [0.3, 0.4) is 0 Å². The van der Waals surface area contributed by atoms with Gasteiger partial charge in [-0.25, -0.2) is 0 Å². The van der Waals surface area contributed by atoms with E-state index in [2.05, 4.69) is 0 Å². The standard InChI is InChI=1S/C22H34O6/c1-2-3-8-12-20-19(25)16-21(28-20)18(24)15-14-17(23)11-9-6-4-5-7-10-13-22(26)27/h3,5-9,14-15,17-21,23-25H,2,4,10-13,16H2,1H3,(H,26,27)/b7-5-,8-3-,9-6-,15-14+/t17-,18-,19-,20-,21-/m1/s1. The second-order valence-electron chi connectivity index (χ2n) is 6.92. The molecule has 4 N–H and O–H groups in total. The van der Waals surface area contributed by atoms with Crippen LogP contribution in [0.1, 0.15) is 51.9 Å². The fourth-order valence-electron chi connectivity index (χ4n) is 2.87. The SMILES string of the molecule is CC/C=C\C[C@H]1O[C@@H]([C@H](O)/C=C/[C@H](O)C/C=C\C/C=C\CCC(=O)O)C[C@H]1O. The number of aliphatic hydroxyl groups excluding tert-OH is 3. The number of hydrogen-bond donors (Lipinski definition) is 4. The normalized spacial score (nSPS) is 25.5. The maximum atomic E-state index is 10.4. The molecule has 0 aromatic rings. The highest BCUT2D eigenvalue weighted by molar-refractivity contribution is 5.66. The molecule has 28 heavy (non-hydrogen) atoms. The molecule has 0 bridgehead atoms. The Morgan fingerprint density at radius 1 is 1.11 bits per heavy atom. The van der Waals surface area contributed by atoms with Crippen LogP contribution >= 0.6 is 0 Å². The van der Waals surface area contributed by atoms with Crippen LogP contribution in [0.2, 0.25) is 0 Å². The van der Waals surface area contributed by atoms with Crippen LogP contribution in [0.15, 0.2) is 48.6 Å². The Kier molecular flexibility index (Phi) is 12.4. The van der Waals surface area contributed by atoms with Crippen LogP contribution < -0.4 is 0 Å². The summed E-state index contributed by atoms with van der Waals surface area (Å²) in [5, 5.41) is 38.7. The van der Waals surface area contributed by atoms with Crippen LogP contribution in [-0.2, 0) is 9.53 Å². The Morgan fingerprint density at radius 3 is 2.57 bits per heavy atom. The third-order valence-electron chi connectivity index (χ3n) is 4.44.